The molecule has 0 aliphatic carbocycles. The third-order valence-electron chi connectivity index (χ3n) is 3.80. The topological polar surface area (TPSA) is 84.9 Å². The Labute approximate surface area is 160 Å². The maximum atomic E-state index is 11.9. The van der Waals surface area contributed by atoms with Gasteiger partial charge in [0.15, 0.2) is 6.61 Å². The molecule has 25 heavy (non-hydrogen) atoms. The Bertz CT molecular complexity index is 612. The van der Waals surface area contributed by atoms with Crippen LogP contribution in [0.4, 0.5) is 4.79 Å². The summed E-state index contributed by atoms with van der Waals surface area (Å²) in [5, 5.41) is 2.83. The van der Waals surface area contributed by atoms with Gasteiger partial charge >= 0.3 is 12.1 Å². The van der Waals surface area contributed by atoms with E-state index < -0.39 is 5.97 Å². The normalized spacial score (nSPS) is 14.7. The number of benzene rings is 1. The van der Waals surface area contributed by atoms with Crippen molar-refractivity contribution in [2.75, 3.05) is 26.3 Å². The maximum absolute atomic E-state index is 11.9. The van der Waals surface area contributed by atoms with Crippen molar-refractivity contribution < 1.29 is 23.9 Å². The molecule has 1 aliphatic rings. The van der Waals surface area contributed by atoms with E-state index in [2.05, 4.69) is 27.9 Å². The van der Waals surface area contributed by atoms with Gasteiger partial charge in [-0.15, -0.1) is 0 Å². The van der Waals surface area contributed by atoms with E-state index in [4.69, 9.17) is 9.47 Å². The molecule has 2 rings (SSSR count). The van der Waals surface area contributed by atoms with Crippen LogP contribution in [0, 0.1) is 3.57 Å². The molecule has 1 saturated heterocycles. The zero-order valence-electron chi connectivity index (χ0n) is 14.0. The van der Waals surface area contributed by atoms with Gasteiger partial charge in [-0.25, -0.2) is 9.59 Å². The lowest BCUT2D eigenvalue weighted by Crippen LogP contribution is -2.47. The number of nitrogens with one attached hydrogen (secondary N) is 1. The summed E-state index contributed by atoms with van der Waals surface area (Å²) in [4.78, 5) is 37.0. The molecule has 0 aromatic heterocycles. The molecule has 0 radical (unpaired) electrons. The second kappa shape index (κ2) is 9.59. The number of esters is 1. The summed E-state index contributed by atoms with van der Waals surface area (Å²) in [7, 11) is 0. The molecule has 1 aliphatic heterocycles. The van der Waals surface area contributed by atoms with E-state index in [0.29, 0.717) is 38.1 Å². The highest BCUT2D eigenvalue weighted by Crippen LogP contribution is 2.12. The first-order chi connectivity index (χ1) is 12.0. The number of amides is 2. The van der Waals surface area contributed by atoms with Crippen LogP contribution in [-0.2, 0) is 14.3 Å². The highest BCUT2D eigenvalue weighted by Gasteiger charge is 2.24. The molecular weight excluding hydrogens is 439 g/mol. The van der Waals surface area contributed by atoms with Gasteiger partial charge in [-0.1, -0.05) is 0 Å². The molecule has 1 heterocycles. The van der Waals surface area contributed by atoms with E-state index in [1.807, 2.05) is 0 Å². The molecule has 1 aromatic rings. The van der Waals surface area contributed by atoms with Crippen LogP contribution >= 0.6 is 22.6 Å². The average molecular weight is 460 g/mol. The lowest BCUT2D eigenvalue weighted by Gasteiger charge is -2.31. The minimum Gasteiger partial charge on any atom is -0.452 e. The monoisotopic (exact) mass is 460 g/mol. The van der Waals surface area contributed by atoms with Crippen molar-refractivity contribution in [3.8, 4) is 0 Å². The summed E-state index contributed by atoms with van der Waals surface area (Å²) in [6.45, 7) is 2.87. The molecular formula is C17H21IN2O5. The average Bonchev–Trinajstić information content (AvgIpc) is 2.61. The predicted molar refractivity (Wildman–Crippen MR) is 99.2 cm³/mol. The molecule has 8 heteroatoms. The fourth-order valence-electron chi connectivity index (χ4n) is 2.49. The molecule has 0 unspecified atom stereocenters. The first kappa shape index (κ1) is 19.5. The summed E-state index contributed by atoms with van der Waals surface area (Å²) in [6, 6.07) is 6.89. The molecule has 0 spiro atoms. The molecule has 0 saturated carbocycles. The van der Waals surface area contributed by atoms with Gasteiger partial charge in [-0.3, -0.25) is 4.79 Å². The Morgan fingerprint density at radius 1 is 1.16 bits per heavy atom. The second-order valence-corrected chi connectivity index (χ2v) is 6.86. The number of nitrogens with zero attached hydrogens (tertiary/aromatic N) is 1. The van der Waals surface area contributed by atoms with Crippen LogP contribution in [0.2, 0.25) is 0 Å². The lowest BCUT2D eigenvalue weighted by molar-refractivity contribution is -0.125. The minimum absolute atomic E-state index is 0.0322. The molecule has 1 N–H and O–H groups in total. The van der Waals surface area contributed by atoms with Crippen molar-refractivity contribution in [2.24, 2.45) is 0 Å². The van der Waals surface area contributed by atoms with Crippen molar-refractivity contribution in [1.82, 2.24) is 10.2 Å². The summed E-state index contributed by atoms with van der Waals surface area (Å²) in [5.74, 6) is -0.864. The van der Waals surface area contributed by atoms with E-state index in [-0.39, 0.29) is 24.6 Å². The number of likely N-dealkylation sites (tertiary alicyclic amines) is 1. The van der Waals surface area contributed by atoms with Crippen LogP contribution in [0.1, 0.15) is 30.1 Å². The first-order valence-electron chi connectivity index (χ1n) is 8.13. The lowest BCUT2D eigenvalue weighted by atomic mass is 10.1. The highest BCUT2D eigenvalue weighted by atomic mass is 127. The van der Waals surface area contributed by atoms with Crippen molar-refractivity contribution >= 4 is 40.6 Å². The molecule has 1 fully saturated rings. The third kappa shape index (κ3) is 6.18. The number of carbonyl (C=O) groups is 3. The van der Waals surface area contributed by atoms with Gasteiger partial charge in [-0.2, -0.15) is 0 Å². The van der Waals surface area contributed by atoms with Gasteiger partial charge < -0.3 is 19.7 Å². The predicted octanol–water partition coefficient (Wildman–Crippen LogP) is 2.19. The van der Waals surface area contributed by atoms with Crippen molar-refractivity contribution in [2.45, 2.75) is 25.8 Å². The Hall–Kier alpha value is -1.84. The second-order valence-electron chi connectivity index (χ2n) is 5.61. The van der Waals surface area contributed by atoms with Crippen LogP contribution < -0.4 is 5.32 Å². The Morgan fingerprint density at radius 2 is 1.80 bits per heavy atom. The summed E-state index contributed by atoms with van der Waals surface area (Å²) < 4.78 is 11.0. The van der Waals surface area contributed by atoms with Crippen LogP contribution in [0.3, 0.4) is 0 Å². The van der Waals surface area contributed by atoms with Crippen molar-refractivity contribution in [3.05, 3.63) is 33.4 Å². The molecule has 2 amide bonds. The third-order valence-corrected chi connectivity index (χ3v) is 4.52. The molecule has 7 nitrogen and oxygen atoms in total. The Morgan fingerprint density at radius 3 is 2.40 bits per heavy atom. The van der Waals surface area contributed by atoms with E-state index in [9.17, 15) is 14.4 Å². The Kier molecular flexibility index (Phi) is 7.48. The highest BCUT2D eigenvalue weighted by molar-refractivity contribution is 14.1. The standard InChI is InChI=1S/C17H21IN2O5/c1-2-24-17(23)20-9-7-14(8-10-20)19-15(21)11-25-16(22)12-3-5-13(18)6-4-12/h3-6,14H,2,7-11H2,1H3,(H,19,21). The number of rotatable bonds is 5. The van der Waals surface area contributed by atoms with Crippen LogP contribution in [0.25, 0.3) is 0 Å². The summed E-state index contributed by atoms with van der Waals surface area (Å²) in [5.41, 5.74) is 0.413. The number of ether oxygens (including phenoxy) is 2. The van der Waals surface area contributed by atoms with E-state index in [1.54, 1.807) is 36.1 Å². The van der Waals surface area contributed by atoms with Gasteiger partial charge in [0, 0.05) is 22.7 Å². The number of hydrogen-bond acceptors (Lipinski definition) is 5. The van der Waals surface area contributed by atoms with Crippen molar-refractivity contribution in [3.63, 3.8) is 0 Å². The van der Waals surface area contributed by atoms with Crippen molar-refractivity contribution in [1.29, 1.82) is 0 Å². The molecule has 136 valence electrons. The van der Waals surface area contributed by atoms with E-state index in [1.165, 1.54) is 0 Å². The minimum atomic E-state index is -0.524. The molecule has 0 bridgehead atoms. The zero-order chi connectivity index (χ0) is 18.2. The van der Waals surface area contributed by atoms with Crippen LogP contribution in [-0.4, -0.2) is 55.2 Å². The zero-order valence-corrected chi connectivity index (χ0v) is 16.2. The maximum Gasteiger partial charge on any atom is 0.409 e. The van der Waals surface area contributed by atoms with Gasteiger partial charge in [-0.05, 0) is 66.6 Å². The molecule has 1 aromatic carbocycles. The largest absolute Gasteiger partial charge is 0.452 e. The van der Waals surface area contributed by atoms with E-state index in [0.717, 1.165) is 3.57 Å². The summed E-state index contributed by atoms with van der Waals surface area (Å²) in [6.07, 6.45) is 0.976. The first-order valence-corrected chi connectivity index (χ1v) is 9.21. The quantitative estimate of drug-likeness (QED) is 0.538. The van der Waals surface area contributed by atoms with Gasteiger partial charge in [0.05, 0.1) is 12.2 Å². The van der Waals surface area contributed by atoms with Gasteiger partial charge in [0.2, 0.25) is 0 Å². The van der Waals surface area contributed by atoms with Gasteiger partial charge in [0.1, 0.15) is 0 Å². The SMILES string of the molecule is CCOC(=O)N1CCC(NC(=O)COC(=O)c2ccc(I)cc2)CC1. The van der Waals surface area contributed by atoms with Crippen LogP contribution in [0.15, 0.2) is 24.3 Å². The Balaban J connectivity index is 1.70. The molecule has 0 atom stereocenters. The van der Waals surface area contributed by atoms with Crippen LogP contribution in [0.5, 0.6) is 0 Å². The number of hydrogen-bond donors (Lipinski definition) is 1. The van der Waals surface area contributed by atoms with E-state index >= 15 is 0 Å². The smallest absolute Gasteiger partial charge is 0.409 e. The fraction of sp³-hybridized carbons (Fsp3) is 0.471. The fourth-order valence-corrected chi connectivity index (χ4v) is 2.85. The number of carbonyl (C=O) groups excluding carboxylic acids is 3. The van der Waals surface area contributed by atoms with Gasteiger partial charge in [0.25, 0.3) is 5.91 Å². The number of piperidine rings is 1. The summed E-state index contributed by atoms with van der Waals surface area (Å²) >= 11 is 2.14. The number of halogens is 1.